The summed E-state index contributed by atoms with van der Waals surface area (Å²) in [6, 6.07) is 7.14. The van der Waals surface area contributed by atoms with Crippen molar-refractivity contribution in [2.45, 2.75) is 6.18 Å². The Hall–Kier alpha value is -3.28. The number of hydrogen-bond acceptors (Lipinski definition) is 3. The van der Waals surface area contributed by atoms with E-state index in [-0.39, 0.29) is 28.1 Å². The Morgan fingerprint density at radius 3 is 2.40 bits per heavy atom. The summed E-state index contributed by atoms with van der Waals surface area (Å²) in [4.78, 5) is 0. The molecule has 0 spiro atoms. The number of rotatable bonds is 2. The van der Waals surface area contributed by atoms with E-state index in [0.29, 0.717) is 12.1 Å². The fourth-order valence-corrected chi connectivity index (χ4v) is 2.31. The molecular formula is C16H7F5N4. The summed E-state index contributed by atoms with van der Waals surface area (Å²) in [6.45, 7) is 0. The number of nitrogens with zero attached hydrogens (tertiary/aromatic N) is 3. The zero-order valence-electron chi connectivity index (χ0n) is 12.2. The molecule has 0 amide bonds. The van der Waals surface area contributed by atoms with Gasteiger partial charge in [0.2, 0.25) is 0 Å². The van der Waals surface area contributed by atoms with Crippen LogP contribution in [-0.2, 0) is 6.18 Å². The van der Waals surface area contributed by atoms with Gasteiger partial charge in [-0.1, -0.05) is 17.3 Å². The van der Waals surface area contributed by atoms with Crippen molar-refractivity contribution in [2.75, 3.05) is 0 Å². The number of benzene rings is 2. The number of halogens is 5. The van der Waals surface area contributed by atoms with Crippen LogP contribution >= 0.6 is 0 Å². The fraction of sp³-hybridized carbons (Fsp3) is 0.0625. The molecular weight excluding hydrogens is 343 g/mol. The lowest BCUT2D eigenvalue weighted by atomic mass is 9.99. The Kier molecular flexibility index (Phi) is 3.96. The summed E-state index contributed by atoms with van der Waals surface area (Å²) in [6.07, 6.45) is -4.75. The van der Waals surface area contributed by atoms with E-state index < -0.39 is 23.4 Å². The minimum absolute atomic E-state index is 0.0114. The summed E-state index contributed by atoms with van der Waals surface area (Å²) in [5.41, 5.74) is -1.36. The maximum atomic E-state index is 14.4. The summed E-state index contributed by atoms with van der Waals surface area (Å²) in [7, 11) is 0. The normalized spacial score (nSPS) is 11.4. The van der Waals surface area contributed by atoms with Crippen molar-refractivity contribution in [1.29, 1.82) is 5.26 Å². The van der Waals surface area contributed by atoms with Crippen molar-refractivity contribution in [3.63, 3.8) is 0 Å². The number of aromatic nitrogens is 3. The van der Waals surface area contributed by atoms with Crippen LogP contribution in [-0.4, -0.2) is 15.4 Å². The Balaban J connectivity index is 2.08. The quantitative estimate of drug-likeness (QED) is 0.701. The molecule has 4 nitrogen and oxygen atoms in total. The van der Waals surface area contributed by atoms with Gasteiger partial charge in [0, 0.05) is 11.1 Å². The van der Waals surface area contributed by atoms with Crippen LogP contribution in [0.5, 0.6) is 0 Å². The van der Waals surface area contributed by atoms with Crippen molar-refractivity contribution < 1.29 is 22.0 Å². The van der Waals surface area contributed by atoms with Gasteiger partial charge < -0.3 is 0 Å². The van der Waals surface area contributed by atoms with E-state index in [1.54, 1.807) is 6.07 Å². The molecule has 0 atom stereocenters. The van der Waals surface area contributed by atoms with Gasteiger partial charge in [0.05, 0.1) is 5.56 Å². The first-order valence-corrected chi connectivity index (χ1v) is 6.79. The second-order valence-corrected chi connectivity index (χ2v) is 5.07. The summed E-state index contributed by atoms with van der Waals surface area (Å²) in [5, 5.41) is 18.3. The Labute approximate surface area is 137 Å². The van der Waals surface area contributed by atoms with Gasteiger partial charge in [0.1, 0.15) is 23.4 Å². The molecule has 0 aliphatic heterocycles. The zero-order chi connectivity index (χ0) is 18.2. The zero-order valence-corrected chi connectivity index (χ0v) is 12.2. The van der Waals surface area contributed by atoms with Crippen LogP contribution in [0.15, 0.2) is 36.4 Å². The molecule has 126 valence electrons. The van der Waals surface area contributed by atoms with Crippen molar-refractivity contribution in [1.82, 2.24) is 15.4 Å². The van der Waals surface area contributed by atoms with Crippen LogP contribution in [0.4, 0.5) is 22.0 Å². The number of aromatic amines is 1. The van der Waals surface area contributed by atoms with Gasteiger partial charge in [-0.2, -0.15) is 18.4 Å². The Morgan fingerprint density at radius 1 is 1.00 bits per heavy atom. The van der Waals surface area contributed by atoms with E-state index in [0.717, 1.165) is 12.1 Å². The maximum Gasteiger partial charge on any atom is 0.416 e. The van der Waals surface area contributed by atoms with Gasteiger partial charge in [-0.25, -0.2) is 13.9 Å². The molecule has 0 aliphatic carbocycles. The van der Waals surface area contributed by atoms with Crippen LogP contribution in [0.3, 0.4) is 0 Å². The van der Waals surface area contributed by atoms with Crippen LogP contribution in [0.25, 0.3) is 22.4 Å². The third-order valence-electron chi connectivity index (χ3n) is 3.44. The van der Waals surface area contributed by atoms with Gasteiger partial charge in [0.25, 0.3) is 0 Å². The molecule has 25 heavy (non-hydrogen) atoms. The number of nitrogens with one attached hydrogen (secondary N) is 1. The van der Waals surface area contributed by atoms with Crippen molar-refractivity contribution in [3.8, 4) is 28.5 Å². The highest BCUT2D eigenvalue weighted by molar-refractivity contribution is 5.71. The minimum atomic E-state index is -4.75. The van der Waals surface area contributed by atoms with Gasteiger partial charge in [-0.3, -0.25) is 0 Å². The second-order valence-electron chi connectivity index (χ2n) is 5.07. The highest BCUT2D eigenvalue weighted by Gasteiger charge is 2.31. The second kappa shape index (κ2) is 5.98. The van der Waals surface area contributed by atoms with Crippen molar-refractivity contribution in [3.05, 3.63) is 59.3 Å². The number of hydrogen-bond donors (Lipinski definition) is 1. The summed E-state index contributed by atoms with van der Waals surface area (Å²) < 4.78 is 66.2. The highest BCUT2D eigenvalue weighted by atomic mass is 19.4. The largest absolute Gasteiger partial charge is 0.416 e. The molecule has 0 saturated carbocycles. The monoisotopic (exact) mass is 350 g/mol. The van der Waals surface area contributed by atoms with E-state index in [2.05, 4.69) is 15.4 Å². The average Bonchev–Trinajstić information content (AvgIpc) is 3.02. The van der Waals surface area contributed by atoms with Crippen molar-refractivity contribution in [2.24, 2.45) is 0 Å². The van der Waals surface area contributed by atoms with Gasteiger partial charge in [-0.05, 0) is 29.8 Å². The van der Waals surface area contributed by atoms with Crippen LogP contribution in [0.2, 0.25) is 0 Å². The molecule has 0 aliphatic rings. The lowest BCUT2D eigenvalue weighted by Gasteiger charge is -2.11. The number of alkyl halides is 3. The maximum absolute atomic E-state index is 14.4. The number of H-pyrrole nitrogens is 1. The first kappa shape index (κ1) is 16.6. The van der Waals surface area contributed by atoms with E-state index in [4.69, 9.17) is 5.26 Å². The molecule has 3 aromatic rings. The minimum Gasteiger partial charge on any atom is -0.247 e. The van der Waals surface area contributed by atoms with Gasteiger partial charge >= 0.3 is 6.18 Å². The molecule has 1 N–H and O–H groups in total. The average molecular weight is 350 g/mol. The van der Waals surface area contributed by atoms with Crippen LogP contribution < -0.4 is 0 Å². The SMILES string of the molecule is N#Cc1[nH]nnc1-c1ccc(-c2cc(F)cc(C(F)(F)F)c2)c(F)c1. The molecule has 0 radical (unpaired) electrons. The molecule has 9 heteroatoms. The van der Waals surface area contributed by atoms with Gasteiger partial charge in [0.15, 0.2) is 5.69 Å². The topological polar surface area (TPSA) is 65.4 Å². The molecule has 1 heterocycles. The summed E-state index contributed by atoms with van der Waals surface area (Å²) in [5.74, 6) is -2.01. The van der Waals surface area contributed by atoms with Crippen LogP contribution in [0.1, 0.15) is 11.3 Å². The predicted molar refractivity (Wildman–Crippen MR) is 76.9 cm³/mol. The Bertz CT molecular complexity index is 985. The van der Waals surface area contributed by atoms with Gasteiger partial charge in [-0.15, -0.1) is 5.10 Å². The lowest BCUT2D eigenvalue weighted by molar-refractivity contribution is -0.137. The van der Waals surface area contributed by atoms with E-state index in [1.807, 2.05) is 0 Å². The first-order chi connectivity index (χ1) is 11.8. The molecule has 2 aromatic carbocycles. The lowest BCUT2D eigenvalue weighted by Crippen LogP contribution is -2.05. The predicted octanol–water partition coefficient (Wildman–Crippen LogP) is 4.31. The molecule has 1 aromatic heterocycles. The highest BCUT2D eigenvalue weighted by Crippen LogP contribution is 2.34. The summed E-state index contributed by atoms with van der Waals surface area (Å²) >= 11 is 0. The fourth-order valence-electron chi connectivity index (χ4n) is 2.31. The standard InChI is InChI=1S/C16H7F5N4/c17-11-4-9(3-10(6-11)16(19,20)21)12-2-1-8(5-13(12)18)15-14(7-22)23-25-24-15/h1-6H,(H,23,24,25). The van der Waals surface area contributed by atoms with Crippen LogP contribution in [0, 0.1) is 23.0 Å². The third-order valence-corrected chi connectivity index (χ3v) is 3.44. The molecule has 3 rings (SSSR count). The van der Waals surface area contributed by atoms with E-state index in [1.165, 1.54) is 12.1 Å². The molecule has 0 unspecified atom stereocenters. The molecule has 0 saturated heterocycles. The van der Waals surface area contributed by atoms with Crippen molar-refractivity contribution >= 4 is 0 Å². The molecule has 0 bridgehead atoms. The van der Waals surface area contributed by atoms with E-state index >= 15 is 0 Å². The smallest absolute Gasteiger partial charge is 0.247 e. The first-order valence-electron chi connectivity index (χ1n) is 6.79. The number of nitriles is 1. The van der Waals surface area contributed by atoms with E-state index in [9.17, 15) is 22.0 Å². The Morgan fingerprint density at radius 2 is 1.76 bits per heavy atom. The third kappa shape index (κ3) is 3.19. The molecule has 0 fully saturated rings.